The fourth-order valence-corrected chi connectivity index (χ4v) is 1.69. The Hall–Kier alpha value is -1.81. The molecule has 1 heterocycles. The van der Waals surface area contributed by atoms with Gasteiger partial charge in [0.1, 0.15) is 0 Å². The first-order valence-electron chi connectivity index (χ1n) is 5.74. The minimum Gasteiger partial charge on any atom is -0.306 e. The molecule has 0 spiro atoms. The first kappa shape index (κ1) is 12.6. The molecule has 2 rings (SSSR count). The molecule has 0 saturated heterocycles. The van der Waals surface area contributed by atoms with E-state index in [2.05, 4.69) is 10.3 Å². The topological polar surface area (TPSA) is 24.9 Å². The van der Waals surface area contributed by atoms with Crippen molar-refractivity contribution in [1.82, 2.24) is 10.3 Å². The SMILES string of the molecule is C[C@H](NCc1ccc(F)c(F)c1)c1ccncc1. The molecule has 1 atom stereocenters. The van der Waals surface area contributed by atoms with Crippen molar-refractivity contribution in [2.45, 2.75) is 19.5 Å². The lowest BCUT2D eigenvalue weighted by Gasteiger charge is -2.14. The summed E-state index contributed by atoms with van der Waals surface area (Å²) in [6.07, 6.45) is 3.45. The van der Waals surface area contributed by atoms with E-state index >= 15 is 0 Å². The van der Waals surface area contributed by atoms with E-state index in [1.165, 1.54) is 6.07 Å². The third kappa shape index (κ3) is 3.11. The van der Waals surface area contributed by atoms with Crippen LogP contribution < -0.4 is 5.32 Å². The standard InChI is InChI=1S/C14H14F2N2/c1-10(12-4-6-17-7-5-12)18-9-11-2-3-13(15)14(16)8-11/h2-8,10,18H,9H2,1H3/t10-/m0/s1. The lowest BCUT2D eigenvalue weighted by Crippen LogP contribution is -2.18. The van der Waals surface area contributed by atoms with E-state index in [1.807, 2.05) is 19.1 Å². The Morgan fingerprint density at radius 3 is 2.50 bits per heavy atom. The van der Waals surface area contributed by atoms with Gasteiger partial charge in [0.15, 0.2) is 11.6 Å². The minimum absolute atomic E-state index is 0.126. The van der Waals surface area contributed by atoms with Crippen molar-refractivity contribution in [3.8, 4) is 0 Å². The van der Waals surface area contributed by atoms with E-state index in [1.54, 1.807) is 18.5 Å². The Kier molecular flexibility index (Phi) is 3.99. The first-order chi connectivity index (χ1) is 8.66. The van der Waals surface area contributed by atoms with Crippen molar-refractivity contribution in [2.75, 3.05) is 0 Å². The van der Waals surface area contributed by atoms with Gasteiger partial charge >= 0.3 is 0 Å². The molecular formula is C14H14F2N2. The number of hydrogen-bond donors (Lipinski definition) is 1. The van der Waals surface area contributed by atoms with Crippen molar-refractivity contribution in [3.63, 3.8) is 0 Å². The van der Waals surface area contributed by atoms with Gasteiger partial charge in [-0.05, 0) is 42.3 Å². The van der Waals surface area contributed by atoms with Gasteiger partial charge in [0.25, 0.3) is 0 Å². The highest BCUT2D eigenvalue weighted by atomic mass is 19.2. The summed E-state index contributed by atoms with van der Waals surface area (Å²) in [4.78, 5) is 3.95. The predicted octanol–water partition coefficient (Wildman–Crippen LogP) is 3.21. The predicted molar refractivity (Wildman–Crippen MR) is 65.8 cm³/mol. The zero-order valence-corrected chi connectivity index (χ0v) is 10.0. The Balaban J connectivity index is 1.97. The van der Waals surface area contributed by atoms with E-state index < -0.39 is 11.6 Å². The normalized spacial score (nSPS) is 12.4. The molecule has 1 aromatic carbocycles. The second-order valence-corrected chi connectivity index (χ2v) is 4.13. The Morgan fingerprint density at radius 2 is 1.83 bits per heavy atom. The number of nitrogens with zero attached hydrogens (tertiary/aromatic N) is 1. The number of halogens is 2. The van der Waals surface area contributed by atoms with Crippen LogP contribution in [-0.4, -0.2) is 4.98 Å². The lowest BCUT2D eigenvalue weighted by molar-refractivity contribution is 0.504. The second-order valence-electron chi connectivity index (χ2n) is 4.13. The zero-order chi connectivity index (χ0) is 13.0. The molecule has 0 aliphatic rings. The van der Waals surface area contributed by atoms with Crippen LogP contribution >= 0.6 is 0 Å². The van der Waals surface area contributed by atoms with Crippen LogP contribution in [0.2, 0.25) is 0 Å². The summed E-state index contributed by atoms with van der Waals surface area (Å²) in [5.74, 6) is -1.63. The molecule has 0 amide bonds. The van der Waals surface area contributed by atoms with Crippen LogP contribution in [0.25, 0.3) is 0 Å². The van der Waals surface area contributed by atoms with Gasteiger partial charge in [0, 0.05) is 25.0 Å². The molecule has 94 valence electrons. The molecular weight excluding hydrogens is 234 g/mol. The molecule has 0 unspecified atom stereocenters. The van der Waals surface area contributed by atoms with Crippen molar-refractivity contribution in [3.05, 3.63) is 65.5 Å². The first-order valence-corrected chi connectivity index (χ1v) is 5.74. The summed E-state index contributed by atoms with van der Waals surface area (Å²) < 4.78 is 25.8. The number of benzene rings is 1. The average Bonchev–Trinajstić information content (AvgIpc) is 2.41. The van der Waals surface area contributed by atoms with Crippen molar-refractivity contribution < 1.29 is 8.78 Å². The molecule has 0 radical (unpaired) electrons. The van der Waals surface area contributed by atoms with Crippen LogP contribution in [0.4, 0.5) is 8.78 Å². The Labute approximate surface area is 105 Å². The van der Waals surface area contributed by atoms with E-state index in [-0.39, 0.29) is 6.04 Å². The van der Waals surface area contributed by atoms with Gasteiger partial charge in [-0.15, -0.1) is 0 Å². The third-order valence-electron chi connectivity index (χ3n) is 2.80. The van der Waals surface area contributed by atoms with E-state index in [0.717, 1.165) is 17.2 Å². The number of nitrogens with one attached hydrogen (secondary N) is 1. The summed E-state index contributed by atoms with van der Waals surface area (Å²) >= 11 is 0. The summed E-state index contributed by atoms with van der Waals surface area (Å²) in [7, 11) is 0. The summed E-state index contributed by atoms with van der Waals surface area (Å²) in [6, 6.07) is 7.89. The Bertz CT molecular complexity index is 514. The average molecular weight is 248 g/mol. The van der Waals surface area contributed by atoms with Crippen molar-refractivity contribution >= 4 is 0 Å². The highest BCUT2D eigenvalue weighted by Gasteiger charge is 2.06. The van der Waals surface area contributed by atoms with Gasteiger partial charge in [0.2, 0.25) is 0 Å². The molecule has 0 aliphatic heterocycles. The van der Waals surface area contributed by atoms with E-state index in [0.29, 0.717) is 6.54 Å². The van der Waals surface area contributed by atoms with Crippen LogP contribution in [0.5, 0.6) is 0 Å². The van der Waals surface area contributed by atoms with Crippen LogP contribution in [0.15, 0.2) is 42.7 Å². The molecule has 4 heteroatoms. The van der Waals surface area contributed by atoms with Gasteiger partial charge in [-0.25, -0.2) is 8.78 Å². The Morgan fingerprint density at radius 1 is 1.11 bits per heavy atom. The molecule has 0 bridgehead atoms. The van der Waals surface area contributed by atoms with Crippen LogP contribution in [-0.2, 0) is 6.54 Å². The minimum atomic E-state index is -0.819. The van der Waals surface area contributed by atoms with Crippen LogP contribution in [0.3, 0.4) is 0 Å². The number of pyridine rings is 1. The highest BCUT2D eigenvalue weighted by molar-refractivity contribution is 5.19. The zero-order valence-electron chi connectivity index (χ0n) is 10.0. The van der Waals surface area contributed by atoms with Crippen molar-refractivity contribution in [2.24, 2.45) is 0 Å². The van der Waals surface area contributed by atoms with Gasteiger partial charge < -0.3 is 5.32 Å². The lowest BCUT2D eigenvalue weighted by atomic mass is 10.1. The highest BCUT2D eigenvalue weighted by Crippen LogP contribution is 2.13. The van der Waals surface area contributed by atoms with E-state index in [9.17, 15) is 8.78 Å². The molecule has 2 nitrogen and oxygen atoms in total. The quantitative estimate of drug-likeness (QED) is 0.898. The smallest absolute Gasteiger partial charge is 0.159 e. The molecule has 1 N–H and O–H groups in total. The van der Waals surface area contributed by atoms with Crippen molar-refractivity contribution in [1.29, 1.82) is 0 Å². The van der Waals surface area contributed by atoms with Gasteiger partial charge in [-0.1, -0.05) is 6.07 Å². The van der Waals surface area contributed by atoms with Crippen LogP contribution in [0, 0.1) is 11.6 Å². The molecule has 1 aromatic heterocycles. The maximum absolute atomic E-state index is 13.0. The fourth-order valence-electron chi connectivity index (χ4n) is 1.69. The maximum atomic E-state index is 13.0. The molecule has 2 aromatic rings. The number of rotatable bonds is 4. The van der Waals surface area contributed by atoms with Gasteiger partial charge in [-0.2, -0.15) is 0 Å². The van der Waals surface area contributed by atoms with Gasteiger partial charge in [-0.3, -0.25) is 4.98 Å². The van der Waals surface area contributed by atoms with Crippen LogP contribution in [0.1, 0.15) is 24.1 Å². The number of hydrogen-bond acceptors (Lipinski definition) is 2. The fraction of sp³-hybridized carbons (Fsp3) is 0.214. The molecule has 18 heavy (non-hydrogen) atoms. The molecule has 0 saturated carbocycles. The second kappa shape index (κ2) is 5.69. The summed E-state index contributed by atoms with van der Waals surface area (Å²) in [6.45, 7) is 2.50. The summed E-state index contributed by atoms with van der Waals surface area (Å²) in [5.41, 5.74) is 1.82. The largest absolute Gasteiger partial charge is 0.306 e. The third-order valence-corrected chi connectivity index (χ3v) is 2.80. The van der Waals surface area contributed by atoms with E-state index in [4.69, 9.17) is 0 Å². The molecule has 0 aliphatic carbocycles. The summed E-state index contributed by atoms with van der Waals surface area (Å²) in [5, 5.41) is 3.24. The molecule has 0 fully saturated rings. The number of aromatic nitrogens is 1. The monoisotopic (exact) mass is 248 g/mol. The maximum Gasteiger partial charge on any atom is 0.159 e. The van der Waals surface area contributed by atoms with Gasteiger partial charge in [0.05, 0.1) is 0 Å².